The standard InChI is InChI=1S/C15H19FN2/c1-2-11-3-5-13(6-4-11)18-14-7-8-15(16)12(9-14)10-17/h7-9,11,13,18H,2-6H2,1H3. The topological polar surface area (TPSA) is 35.8 Å². The summed E-state index contributed by atoms with van der Waals surface area (Å²) in [6.45, 7) is 2.25. The summed E-state index contributed by atoms with van der Waals surface area (Å²) < 4.78 is 13.2. The lowest BCUT2D eigenvalue weighted by Gasteiger charge is -2.29. The van der Waals surface area contributed by atoms with Gasteiger partial charge in [-0.1, -0.05) is 13.3 Å². The third-order valence-electron chi connectivity index (χ3n) is 3.88. The maximum atomic E-state index is 13.2. The molecule has 1 N–H and O–H groups in total. The molecule has 0 aromatic heterocycles. The van der Waals surface area contributed by atoms with Crippen molar-refractivity contribution in [2.24, 2.45) is 5.92 Å². The van der Waals surface area contributed by atoms with Crippen molar-refractivity contribution in [3.8, 4) is 6.07 Å². The zero-order chi connectivity index (χ0) is 13.0. The molecule has 1 saturated carbocycles. The van der Waals surface area contributed by atoms with Crippen LogP contribution in [-0.2, 0) is 0 Å². The third kappa shape index (κ3) is 3.01. The van der Waals surface area contributed by atoms with Gasteiger partial charge < -0.3 is 5.32 Å². The van der Waals surface area contributed by atoms with E-state index in [1.807, 2.05) is 6.07 Å². The van der Waals surface area contributed by atoms with Crippen LogP contribution in [0.4, 0.5) is 10.1 Å². The van der Waals surface area contributed by atoms with E-state index in [1.165, 1.54) is 25.3 Å². The summed E-state index contributed by atoms with van der Waals surface area (Å²) in [4.78, 5) is 0. The minimum absolute atomic E-state index is 0.113. The number of nitrogens with zero attached hydrogens (tertiary/aromatic N) is 1. The first-order valence-electron chi connectivity index (χ1n) is 6.69. The van der Waals surface area contributed by atoms with Crippen molar-refractivity contribution in [2.45, 2.75) is 45.1 Å². The molecule has 0 saturated heterocycles. The van der Waals surface area contributed by atoms with Gasteiger partial charge in [0.25, 0.3) is 0 Å². The highest BCUT2D eigenvalue weighted by Crippen LogP contribution is 2.28. The fourth-order valence-electron chi connectivity index (χ4n) is 2.65. The number of nitriles is 1. The van der Waals surface area contributed by atoms with Crippen LogP contribution in [0.3, 0.4) is 0 Å². The average Bonchev–Trinajstić information content (AvgIpc) is 2.42. The molecule has 3 heteroatoms. The normalized spacial score (nSPS) is 23.4. The van der Waals surface area contributed by atoms with Gasteiger partial charge in [0.2, 0.25) is 0 Å². The maximum Gasteiger partial charge on any atom is 0.141 e. The molecule has 0 spiro atoms. The molecule has 1 aliphatic rings. The summed E-state index contributed by atoms with van der Waals surface area (Å²) in [6, 6.07) is 7.01. The summed E-state index contributed by atoms with van der Waals surface area (Å²) in [5, 5.41) is 12.2. The molecule has 1 fully saturated rings. The maximum absolute atomic E-state index is 13.2. The van der Waals surface area contributed by atoms with Crippen LogP contribution in [0, 0.1) is 23.1 Å². The number of anilines is 1. The minimum atomic E-state index is -0.447. The molecule has 0 atom stereocenters. The molecule has 1 aromatic rings. The van der Waals surface area contributed by atoms with E-state index in [2.05, 4.69) is 12.2 Å². The Morgan fingerprint density at radius 2 is 2.06 bits per heavy atom. The summed E-state index contributed by atoms with van der Waals surface area (Å²) in [5.74, 6) is 0.420. The summed E-state index contributed by atoms with van der Waals surface area (Å²) in [6.07, 6.45) is 6.12. The van der Waals surface area contributed by atoms with Crippen molar-refractivity contribution >= 4 is 5.69 Å². The Kier molecular flexibility index (Phi) is 4.19. The van der Waals surface area contributed by atoms with Crippen molar-refractivity contribution in [2.75, 3.05) is 5.32 Å². The predicted octanol–water partition coefficient (Wildman–Crippen LogP) is 4.08. The van der Waals surface area contributed by atoms with Crippen molar-refractivity contribution in [1.82, 2.24) is 0 Å². The third-order valence-corrected chi connectivity index (χ3v) is 3.88. The van der Waals surface area contributed by atoms with Crippen molar-refractivity contribution in [1.29, 1.82) is 5.26 Å². The highest BCUT2D eigenvalue weighted by Gasteiger charge is 2.19. The fourth-order valence-corrected chi connectivity index (χ4v) is 2.65. The van der Waals surface area contributed by atoms with E-state index >= 15 is 0 Å². The van der Waals surface area contributed by atoms with Crippen LogP contribution in [-0.4, -0.2) is 6.04 Å². The van der Waals surface area contributed by atoms with Crippen molar-refractivity contribution < 1.29 is 4.39 Å². The lowest BCUT2D eigenvalue weighted by molar-refractivity contribution is 0.330. The number of nitrogens with one attached hydrogen (secondary N) is 1. The van der Waals surface area contributed by atoms with Crippen molar-refractivity contribution in [3.05, 3.63) is 29.6 Å². The van der Waals surface area contributed by atoms with Gasteiger partial charge in [-0.2, -0.15) is 5.26 Å². The Morgan fingerprint density at radius 3 is 2.67 bits per heavy atom. The Morgan fingerprint density at radius 1 is 1.33 bits per heavy atom. The average molecular weight is 246 g/mol. The molecule has 0 unspecified atom stereocenters. The van der Waals surface area contributed by atoms with E-state index in [9.17, 15) is 4.39 Å². The highest BCUT2D eigenvalue weighted by atomic mass is 19.1. The Labute approximate surface area is 108 Å². The quantitative estimate of drug-likeness (QED) is 0.872. The lowest BCUT2D eigenvalue weighted by Crippen LogP contribution is -2.25. The molecule has 0 radical (unpaired) electrons. The monoisotopic (exact) mass is 246 g/mol. The molecule has 0 aliphatic heterocycles. The Balaban J connectivity index is 1.96. The van der Waals surface area contributed by atoms with Gasteiger partial charge in [-0.3, -0.25) is 0 Å². The van der Waals surface area contributed by atoms with Crippen LogP contribution in [0.25, 0.3) is 0 Å². The van der Waals surface area contributed by atoms with Crippen LogP contribution in [0.2, 0.25) is 0 Å². The second-order valence-electron chi connectivity index (χ2n) is 5.08. The van der Waals surface area contributed by atoms with Crippen LogP contribution < -0.4 is 5.32 Å². The van der Waals surface area contributed by atoms with Gasteiger partial charge in [0.15, 0.2) is 0 Å². The molecule has 0 heterocycles. The van der Waals surface area contributed by atoms with E-state index in [4.69, 9.17) is 5.26 Å². The zero-order valence-corrected chi connectivity index (χ0v) is 10.7. The number of rotatable bonds is 3. The van der Waals surface area contributed by atoms with Crippen LogP contribution >= 0.6 is 0 Å². The SMILES string of the molecule is CCC1CCC(Nc2ccc(F)c(C#N)c2)CC1. The molecular formula is C15H19FN2. The molecule has 2 nitrogen and oxygen atoms in total. The van der Waals surface area contributed by atoms with Crippen LogP contribution in [0.5, 0.6) is 0 Å². The van der Waals surface area contributed by atoms with Gasteiger partial charge in [0, 0.05) is 11.7 Å². The van der Waals surface area contributed by atoms with E-state index in [1.54, 1.807) is 12.1 Å². The van der Waals surface area contributed by atoms with Gasteiger partial charge in [-0.05, 0) is 49.8 Å². The molecule has 2 rings (SSSR count). The van der Waals surface area contributed by atoms with Gasteiger partial charge in [-0.25, -0.2) is 4.39 Å². The predicted molar refractivity (Wildman–Crippen MR) is 70.8 cm³/mol. The first-order valence-corrected chi connectivity index (χ1v) is 6.69. The van der Waals surface area contributed by atoms with E-state index in [-0.39, 0.29) is 5.56 Å². The molecule has 18 heavy (non-hydrogen) atoms. The largest absolute Gasteiger partial charge is 0.382 e. The van der Waals surface area contributed by atoms with Gasteiger partial charge in [0.1, 0.15) is 11.9 Å². The number of benzene rings is 1. The van der Waals surface area contributed by atoms with E-state index < -0.39 is 5.82 Å². The number of halogens is 1. The second kappa shape index (κ2) is 5.86. The number of hydrogen-bond acceptors (Lipinski definition) is 2. The van der Waals surface area contributed by atoms with Gasteiger partial charge >= 0.3 is 0 Å². The van der Waals surface area contributed by atoms with Crippen LogP contribution in [0.1, 0.15) is 44.6 Å². The molecule has 0 bridgehead atoms. The smallest absolute Gasteiger partial charge is 0.141 e. The molecular weight excluding hydrogens is 227 g/mol. The molecule has 96 valence electrons. The minimum Gasteiger partial charge on any atom is -0.382 e. The highest BCUT2D eigenvalue weighted by molar-refractivity contribution is 5.50. The van der Waals surface area contributed by atoms with Crippen molar-refractivity contribution in [3.63, 3.8) is 0 Å². The van der Waals surface area contributed by atoms with E-state index in [0.29, 0.717) is 6.04 Å². The first kappa shape index (κ1) is 12.9. The molecule has 1 aromatic carbocycles. The van der Waals surface area contributed by atoms with Gasteiger partial charge in [0.05, 0.1) is 5.56 Å². The Bertz CT molecular complexity index is 442. The first-order chi connectivity index (χ1) is 8.72. The summed E-state index contributed by atoms with van der Waals surface area (Å²) in [5.41, 5.74) is 0.968. The molecule has 1 aliphatic carbocycles. The second-order valence-corrected chi connectivity index (χ2v) is 5.08. The van der Waals surface area contributed by atoms with Crippen LogP contribution in [0.15, 0.2) is 18.2 Å². The zero-order valence-electron chi connectivity index (χ0n) is 10.7. The lowest BCUT2D eigenvalue weighted by atomic mass is 9.84. The number of hydrogen-bond donors (Lipinski definition) is 1. The summed E-state index contributed by atoms with van der Waals surface area (Å²) >= 11 is 0. The fraction of sp³-hybridized carbons (Fsp3) is 0.533. The molecule has 0 amide bonds. The summed E-state index contributed by atoms with van der Waals surface area (Å²) in [7, 11) is 0. The van der Waals surface area contributed by atoms with Gasteiger partial charge in [-0.15, -0.1) is 0 Å². The van der Waals surface area contributed by atoms with E-state index in [0.717, 1.165) is 24.4 Å². The Hall–Kier alpha value is -1.56.